The van der Waals surface area contributed by atoms with Crippen LogP contribution in [0.1, 0.15) is 20.7 Å². The molecule has 5 heteroatoms. The number of hydrogen-bond acceptors (Lipinski definition) is 3. The highest BCUT2D eigenvalue weighted by Gasteiger charge is 2.09. The molecule has 114 valence electrons. The van der Waals surface area contributed by atoms with Crippen molar-refractivity contribution in [3.05, 3.63) is 64.7 Å². The topological polar surface area (TPSA) is 49.4 Å². The van der Waals surface area contributed by atoms with Crippen LogP contribution in [-0.2, 0) is 0 Å². The quantitative estimate of drug-likeness (QED) is 0.861. The van der Waals surface area contributed by atoms with Gasteiger partial charge in [0.2, 0.25) is 0 Å². The predicted molar refractivity (Wildman–Crippen MR) is 88.7 cm³/mol. The molecule has 0 saturated carbocycles. The number of ketones is 1. The molecule has 0 atom stereocenters. The van der Waals surface area contributed by atoms with Gasteiger partial charge in [-0.1, -0.05) is 17.7 Å². The van der Waals surface area contributed by atoms with E-state index < -0.39 is 0 Å². The van der Waals surface area contributed by atoms with Crippen molar-refractivity contribution in [2.45, 2.75) is 0 Å². The molecule has 0 aliphatic carbocycles. The lowest BCUT2D eigenvalue weighted by atomic mass is 10.1. The summed E-state index contributed by atoms with van der Waals surface area (Å²) in [6, 6.07) is 13.6. The number of likely N-dealkylation sites (N-methyl/N-ethyl adjacent to an activating group) is 1. The summed E-state index contributed by atoms with van der Waals surface area (Å²) < 4.78 is 0. The van der Waals surface area contributed by atoms with Gasteiger partial charge in [0.05, 0.1) is 6.54 Å². The van der Waals surface area contributed by atoms with Crippen LogP contribution in [0.5, 0.6) is 0 Å². The minimum atomic E-state index is -0.241. The summed E-state index contributed by atoms with van der Waals surface area (Å²) in [7, 11) is 3.69. The molecule has 0 aliphatic heterocycles. The molecule has 0 saturated heterocycles. The van der Waals surface area contributed by atoms with E-state index in [0.29, 0.717) is 28.4 Å². The fourth-order valence-electron chi connectivity index (χ4n) is 1.95. The second kappa shape index (κ2) is 7.20. The molecule has 0 bridgehead atoms. The summed E-state index contributed by atoms with van der Waals surface area (Å²) in [5.74, 6) is -0.201. The van der Waals surface area contributed by atoms with E-state index in [1.54, 1.807) is 48.5 Å². The van der Waals surface area contributed by atoms with Crippen molar-refractivity contribution < 1.29 is 9.59 Å². The predicted octanol–water partition coefficient (Wildman–Crippen LogP) is 3.34. The smallest absolute Gasteiger partial charge is 0.255 e. The summed E-state index contributed by atoms with van der Waals surface area (Å²) in [6.45, 7) is 0.355. The van der Waals surface area contributed by atoms with Gasteiger partial charge in [-0.25, -0.2) is 0 Å². The number of amides is 1. The van der Waals surface area contributed by atoms with Gasteiger partial charge in [-0.05, 0) is 56.6 Å². The molecular formula is C17H17ClN2O2. The molecule has 2 aromatic rings. The third-order valence-corrected chi connectivity index (χ3v) is 3.25. The molecule has 0 radical (unpaired) electrons. The Kier molecular flexibility index (Phi) is 5.31. The van der Waals surface area contributed by atoms with Gasteiger partial charge in [0.15, 0.2) is 5.78 Å². The number of rotatable bonds is 5. The third kappa shape index (κ3) is 4.41. The van der Waals surface area contributed by atoms with Gasteiger partial charge in [-0.2, -0.15) is 0 Å². The van der Waals surface area contributed by atoms with Gasteiger partial charge < -0.3 is 10.2 Å². The maximum atomic E-state index is 12.1. The van der Waals surface area contributed by atoms with E-state index in [9.17, 15) is 9.59 Å². The number of anilines is 1. The number of nitrogens with one attached hydrogen (secondary N) is 1. The number of carbonyl (C=O) groups is 2. The Bertz CT molecular complexity index is 681. The van der Waals surface area contributed by atoms with Gasteiger partial charge in [-0.15, -0.1) is 0 Å². The first-order chi connectivity index (χ1) is 10.5. The van der Waals surface area contributed by atoms with Crippen LogP contribution in [0.4, 0.5) is 5.69 Å². The summed E-state index contributed by atoms with van der Waals surface area (Å²) in [5, 5.41) is 3.28. The van der Waals surface area contributed by atoms with Crippen molar-refractivity contribution in [2.75, 3.05) is 26.0 Å². The van der Waals surface area contributed by atoms with Crippen molar-refractivity contribution in [2.24, 2.45) is 0 Å². The number of benzene rings is 2. The van der Waals surface area contributed by atoms with Gasteiger partial charge in [0.1, 0.15) is 0 Å². The standard InChI is InChI=1S/C17H17ClN2O2/c1-20(2)11-16(21)12-6-8-15(9-7-12)19-17(22)13-4-3-5-14(18)10-13/h3-10H,11H2,1-2H3,(H,19,22). The van der Waals surface area contributed by atoms with E-state index in [1.165, 1.54) is 0 Å². The maximum absolute atomic E-state index is 12.1. The Balaban J connectivity index is 2.05. The Labute approximate surface area is 134 Å². The fraction of sp³-hybridized carbons (Fsp3) is 0.176. The van der Waals surface area contributed by atoms with Crippen LogP contribution in [-0.4, -0.2) is 37.2 Å². The number of halogens is 1. The number of nitrogens with zero attached hydrogens (tertiary/aromatic N) is 1. The van der Waals surface area contributed by atoms with Crippen molar-refractivity contribution in [1.82, 2.24) is 4.90 Å². The molecule has 0 fully saturated rings. The molecule has 0 spiro atoms. The number of Topliss-reactive ketones (excluding diaryl/α,β-unsaturated/α-hetero) is 1. The zero-order valence-electron chi connectivity index (χ0n) is 12.5. The second-order valence-corrected chi connectivity index (χ2v) is 5.64. The van der Waals surface area contributed by atoms with Crippen molar-refractivity contribution in [3.63, 3.8) is 0 Å². The minimum Gasteiger partial charge on any atom is -0.322 e. The zero-order chi connectivity index (χ0) is 16.1. The highest BCUT2D eigenvalue weighted by atomic mass is 35.5. The third-order valence-electron chi connectivity index (χ3n) is 3.01. The number of carbonyl (C=O) groups excluding carboxylic acids is 2. The van der Waals surface area contributed by atoms with Gasteiger partial charge in [-0.3, -0.25) is 9.59 Å². The second-order valence-electron chi connectivity index (χ2n) is 5.20. The van der Waals surface area contributed by atoms with Crippen LogP contribution in [0.15, 0.2) is 48.5 Å². The summed E-state index contributed by atoms with van der Waals surface area (Å²) in [5.41, 5.74) is 1.74. The first-order valence-corrected chi connectivity index (χ1v) is 7.18. The first-order valence-electron chi connectivity index (χ1n) is 6.80. The molecule has 0 heterocycles. The van der Waals surface area contributed by atoms with E-state index in [4.69, 9.17) is 11.6 Å². The van der Waals surface area contributed by atoms with Gasteiger partial charge in [0, 0.05) is 21.8 Å². The fourth-order valence-corrected chi connectivity index (χ4v) is 2.14. The molecule has 0 unspecified atom stereocenters. The van der Waals surface area contributed by atoms with E-state index >= 15 is 0 Å². The summed E-state index contributed by atoms with van der Waals surface area (Å²) >= 11 is 5.87. The Morgan fingerprint density at radius 1 is 1.05 bits per heavy atom. The highest BCUT2D eigenvalue weighted by Crippen LogP contribution is 2.14. The lowest BCUT2D eigenvalue weighted by molar-refractivity contribution is 0.0957. The van der Waals surface area contributed by atoms with Crippen molar-refractivity contribution >= 4 is 29.0 Å². The molecular weight excluding hydrogens is 300 g/mol. The maximum Gasteiger partial charge on any atom is 0.255 e. The minimum absolute atomic E-state index is 0.0396. The monoisotopic (exact) mass is 316 g/mol. The molecule has 4 nitrogen and oxygen atoms in total. The van der Waals surface area contributed by atoms with Gasteiger partial charge in [0.25, 0.3) is 5.91 Å². The molecule has 2 rings (SSSR count). The van der Waals surface area contributed by atoms with E-state index in [1.807, 2.05) is 19.0 Å². The first kappa shape index (κ1) is 16.2. The lowest BCUT2D eigenvalue weighted by Gasteiger charge is -2.09. The van der Waals surface area contributed by atoms with Crippen LogP contribution in [0, 0.1) is 0 Å². The Morgan fingerprint density at radius 2 is 1.73 bits per heavy atom. The van der Waals surface area contributed by atoms with Crippen molar-refractivity contribution in [3.8, 4) is 0 Å². The van der Waals surface area contributed by atoms with E-state index in [0.717, 1.165) is 0 Å². The molecule has 2 aromatic carbocycles. The summed E-state index contributed by atoms with van der Waals surface area (Å²) in [4.78, 5) is 25.8. The highest BCUT2D eigenvalue weighted by molar-refractivity contribution is 6.31. The van der Waals surface area contributed by atoms with E-state index in [-0.39, 0.29) is 11.7 Å². The van der Waals surface area contributed by atoms with Crippen LogP contribution in [0.2, 0.25) is 5.02 Å². The lowest BCUT2D eigenvalue weighted by Crippen LogP contribution is -2.21. The Morgan fingerprint density at radius 3 is 2.32 bits per heavy atom. The SMILES string of the molecule is CN(C)CC(=O)c1ccc(NC(=O)c2cccc(Cl)c2)cc1. The molecule has 1 amide bonds. The van der Waals surface area contributed by atoms with Gasteiger partial charge >= 0.3 is 0 Å². The average molecular weight is 317 g/mol. The molecule has 22 heavy (non-hydrogen) atoms. The van der Waals surface area contributed by atoms with E-state index in [2.05, 4.69) is 5.32 Å². The Hall–Kier alpha value is -2.17. The molecule has 0 aliphatic rings. The zero-order valence-corrected chi connectivity index (χ0v) is 13.2. The molecule has 0 aromatic heterocycles. The van der Waals surface area contributed by atoms with Crippen LogP contribution < -0.4 is 5.32 Å². The van der Waals surface area contributed by atoms with Crippen LogP contribution >= 0.6 is 11.6 Å². The van der Waals surface area contributed by atoms with Crippen LogP contribution in [0.25, 0.3) is 0 Å². The van der Waals surface area contributed by atoms with Crippen LogP contribution in [0.3, 0.4) is 0 Å². The average Bonchev–Trinajstić information content (AvgIpc) is 2.47. The number of hydrogen-bond donors (Lipinski definition) is 1. The summed E-state index contributed by atoms with van der Waals surface area (Å²) in [6.07, 6.45) is 0. The largest absolute Gasteiger partial charge is 0.322 e. The normalized spacial score (nSPS) is 10.5. The van der Waals surface area contributed by atoms with Crippen molar-refractivity contribution in [1.29, 1.82) is 0 Å². The molecule has 1 N–H and O–H groups in total.